The van der Waals surface area contributed by atoms with Crippen molar-refractivity contribution in [2.75, 3.05) is 0 Å². The minimum absolute atomic E-state index is 0.154. The van der Waals surface area contributed by atoms with E-state index in [-0.39, 0.29) is 18.1 Å². The van der Waals surface area contributed by atoms with E-state index in [1.165, 1.54) is 64.2 Å². The number of sulfonamides is 1. The van der Waals surface area contributed by atoms with Gasteiger partial charge in [0.2, 0.25) is 15.9 Å². The predicted molar refractivity (Wildman–Crippen MR) is 155 cm³/mol. The zero-order chi connectivity index (χ0) is 27.1. The third-order valence-electron chi connectivity index (χ3n) is 12.3. The Labute approximate surface area is 232 Å². The lowest BCUT2D eigenvalue weighted by Gasteiger charge is -2.63. The minimum Gasteiger partial charge on any atom is -0.274 e. The van der Waals surface area contributed by atoms with E-state index in [9.17, 15) is 13.2 Å². The minimum atomic E-state index is -3.67. The molecule has 4 aliphatic carbocycles. The number of fused-ring (bicyclic) bond motifs is 5. The average Bonchev–Trinajstić information content (AvgIpc) is 3.24. The lowest BCUT2D eigenvalue weighted by atomic mass is 9.42. The van der Waals surface area contributed by atoms with Crippen LogP contribution in [0.1, 0.15) is 110 Å². The fourth-order valence-corrected chi connectivity index (χ4v) is 11.8. The zero-order valence-electron chi connectivity index (χ0n) is 24.3. The van der Waals surface area contributed by atoms with Gasteiger partial charge in [-0.1, -0.05) is 77.3 Å². The van der Waals surface area contributed by atoms with E-state index in [4.69, 9.17) is 0 Å². The molecule has 1 aromatic carbocycles. The summed E-state index contributed by atoms with van der Waals surface area (Å²) in [6.45, 7) is 10.0. The van der Waals surface area contributed by atoms with Gasteiger partial charge in [-0.25, -0.2) is 8.42 Å². The van der Waals surface area contributed by atoms with Crippen molar-refractivity contribution in [1.82, 2.24) is 4.72 Å². The summed E-state index contributed by atoms with van der Waals surface area (Å²) in [5.41, 5.74) is 1.62. The maximum atomic E-state index is 12.7. The molecule has 0 spiro atoms. The van der Waals surface area contributed by atoms with Gasteiger partial charge in [0.25, 0.3) is 0 Å². The van der Waals surface area contributed by atoms with Crippen LogP contribution in [0, 0.1) is 52.3 Å². The monoisotopic (exact) mass is 541 g/mol. The van der Waals surface area contributed by atoms with E-state index in [0.717, 1.165) is 36.0 Å². The second kappa shape index (κ2) is 10.9. The largest absolute Gasteiger partial charge is 0.274 e. The van der Waals surface area contributed by atoms with Gasteiger partial charge in [-0.15, -0.1) is 0 Å². The molecule has 4 fully saturated rings. The van der Waals surface area contributed by atoms with Crippen molar-refractivity contribution in [1.29, 1.82) is 0 Å². The van der Waals surface area contributed by atoms with Gasteiger partial charge in [-0.2, -0.15) is 0 Å². The van der Waals surface area contributed by atoms with E-state index in [1.807, 2.05) is 18.2 Å². The zero-order valence-corrected chi connectivity index (χ0v) is 25.1. The summed E-state index contributed by atoms with van der Waals surface area (Å²) in [6.07, 6.45) is 15.0. The molecular weight excluding hydrogens is 490 g/mol. The van der Waals surface area contributed by atoms with Gasteiger partial charge in [0.1, 0.15) is 0 Å². The smallest absolute Gasteiger partial charge is 0.239 e. The van der Waals surface area contributed by atoms with E-state index in [0.29, 0.717) is 28.2 Å². The molecule has 38 heavy (non-hydrogen) atoms. The number of amides is 1. The highest BCUT2D eigenvalue weighted by atomic mass is 32.2. The van der Waals surface area contributed by atoms with Crippen molar-refractivity contribution in [3.63, 3.8) is 0 Å². The highest BCUT2D eigenvalue weighted by Gasteiger charge is 2.61. The molecule has 0 radical (unpaired) electrons. The molecule has 4 saturated carbocycles. The highest BCUT2D eigenvalue weighted by molar-refractivity contribution is 7.89. The van der Waals surface area contributed by atoms with Crippen molar-refractivity contribution in [3.8, 4) is 0 Å². The van der Waals surface area contributed by atoms with Gasteiger partial charge in [-0.05, 0) is 109 Å². The molecule has 0 bridgehead atoms. The van der Waals surface area contributed by atoms with Crippen LogP contribution in [0.2, 0.25) is 0 Å². The van der Waals surface area contributed by atoms with Gasteiger partial charge >= 0.3 is 0 Å². The lowest BCUT2D eigenvalue weighted by Crippen LogP contribution is -2.55. The van der Waals surface area contributed by atoms with Gasteiger partial charge in [0.05, 0.1) is 5.75 Å². The molecule has 0 aliphatic heterocycles. The molecule has 9 atom stereocenters. The Balaban J connectivity index is 1.21. The summed E-state index contributed by atoms with van der Waals surface area (Å²) in [4.78, 5) is 12.7. The first-order valence-corrected chi connectivity index (χ1v) is 17.3. The Hall–Kier alpha value is -1.36. The number of hydrogen-bond donors (Lipinski definition) is 1. The SMILES string of the molecule is CC[C@H]1CC2C3CC[C@H]([C@H](C)CCC(=O)NS(=O)(=O)Cc4ccccc4)[C@@]3(C)CCC2[C@@]2(C)CCCC[C@@H]12. The molecule has 1 N–H and O–H groups in total. The van der Waals surface area contributed by atoms with Crippen LogP contribution in [-0.2, 0) is 20.6 Å². The molecule has 5 heteroatoms. The number of carbonyl (C=O) groups excluding carboxylic acids is 1. The fraction of sp³-hybridized carbons (Fsp3) is 0.788. The maximum Gasteiger partial charge on any atom is 0.239 e. The Morgan fingerprint density at radius 2 is 1.71 bits per heavy atom. The highest BCUT2D eigenvalue weighted by Crippen LogP contribution is 2.69. The summed E-state index contributed by atoms with van der Waals surface area (Å²) in [7, 11) is -3.67. The quantitative estimate of drug-likeness (QED) is 0.366. The van der Waals surface area contributed by atoms with Crippen molar-refractivity contribution in [2.24, 2.45) is 52.3 Å². The van der Waals surface area contributed by atoms with Crippen molar-refractivity contribution in [3.05, 3.63) is 35.9 Å². The number of hydrogen-bond acceptors (Lipinski definition) is 3. The molecule has 3 unspecified atom stereocenters. The maximum absolute atomic E-state index is 12.7. The molecule has 1 amide bonds. The Morgan fingerprint density at radius 1 is 0.974 bits per heavy atom. The average molecular weight is 542 g/mol. The van der Waals surface area contributed by atoms with Crippen molar-refractivity contribution >= 4 is 15.9 Å². The summed E-state index contributed by atoms with van der Waals surface area (Å²) >= 11 is 0. The molecule has 0 heterocycles. The first-order valence-electron chi connectivity index (χ1n) is 15.6. The second-order valence-corrected chi connectivity index (χ2v) is 15.9. The molecule has 5 rings (SSSR count). The molecule has 1 aromatic rings. The van der Waals surface area contributed by atoms with E-state index < -0.39 is 10.0 Å². The summed E-state index contributed by atoms with van der Waals surface area (Å²) < 4.78 is 27.4. The Bertz CT molecular complexity index is 1090. The molecule has 4 nitrogen and oxygen atoms in total. The lowest BCUT2D eigenvalue weighted by molar-refractivity contribution is -0.138. The van der Waals surface area contributed by atoms with Gasteiger partial charge in [-0.3, -0.25) is 9.52 Å². The van der Waals surface area contributed by atoms with Gasteiger partial charge < -0.3 is 0 Å². The molecule has 4 aliphatic rings. The van der Waals surface area contributed by atoms with Crippen LogP contribution >= 0.6 is 0 Å². The van der Waals surface area contributed by atoms with E-state index in [2.05, 4.69) is 32.4 Å². The van der Waals surface area contributed by atoms with E-state index in [1.54, 1.807) is 12.1 Å². The third-order valence-corrected chi connectivity index (χ3v) is 13.6. The predicted octanol–water partition coefficient (Wildman–Crippen LogP) is 7.73. The summed E-state index contributed by atoms with van der Waals surface area (Å²) in [5, 5.41) is 0. The third kappa shape index (κ3) is 5.22. The molecule has 212 valence electrons. The molecule has 0 aromatic heterocycles. The first kappa shape index (κ1) is 28.2. The fourth-order valence-electron chi connectivity index (χ4n) is 10.6. The topological polar surface area (TPSA) is 63.2 Å². The van der Waals surface area contributed by atoms with Gasteiger partial charge in [0.15, 0.2) is 0 Å². The Kier molecular flexibility index (Phi) is 8.08. The number of benzene rings is 1. The van der Waals surface area contributed by atoms with Crippen LogP contribution in [0.15, 0.2) is 30.3 Å². The van der Waals surface area contributed by atoms with Crippen LogP contribution in [0.25, 0.3) is 0 Å². The number of nitrogens with one attached hydrogen (secondary N) is 1. The summed E-state index contributed by atoms with van der Waals surface area (Å²) in [5.74, 6) is 5.02. The van der Waals surface area contributed by atoms with Crippen LogP contribution in [0.3, 0.4) is 0 Å². The summed E-state index contributed by atoms with van der Waals surface area (Å²) in [6, 6.07) is 9.06. The molecule has 0 saturated heterocycles. The standard InChI is InChI=1S/C33H51NO3S/c1-5-25-21-26-29-16-15-27(33(29,4)20-18-30(26)32(3)19-10-9-13-28(25)32)23(2)14-17-31(35)34-38(36,37)22-24-11-7-6-8-12-24/h6-8,11-12,23,25-30H,5,9-10,13-22H2,1-4H3,(H,34,35)/t23-,25+,26?,27-,28+,29?,30?,32+,33-/m1/s1. The molecular formula is C33H51NO3S. The number of rotatable bonds is 8. The number of carbonyl (C=O) groups is 1. The van der Waals surface area contributed by atoms with Crippen LogP contribution < -0.4 is 4.72 Å². The Morgan fingerprint density at radius 3 is 2.45 bits per heavy atom. The van der Waals surface area contributed by atoms with Gasteiger partial charge in [0, 0.05) is 6.42 Å². The first-order chi connectivity index (χ1) is 18.1. The van der Waals surface area contributed by atoms with Crippen molar-refractivity contribution < 1.29 is 13.2 Å². The van der Waals surface area contributed by atoms with E-state index >= 15 is 0 Å². The van der Waals surface area contributed by atoms with Crippen LogP contribution in [0.4, 0.5) is 0 Å². The van der Waals surface area contributed by atoms with Crippen LogP contribution in [-0.4, -0.2) is 14.3 Å². The van der Waals surface area contributed by atoms with Crippen molar-refractivity contribution in [2.45, 2.75) is 110 Å². The van der Waals surface area contributed by atoms with Crippen LogP contribution in [0.5, 0.6) is 0 Å². The second-order valence-electron chi connectivity index (χ2n) is 14.2. The normalized spacial score (nSPS) is 39.5.